The fourth-order valence-electron chi connectivity index (χ4n) is 3.44. The summed E-state index contributed by atoms with van der Waals surface area (Å²) in [6.07, 6.45) is 1.96. The largest absolute Gasteiger partial charge is 0.338 e. The molecule has 4 rings (SSSR count). The molecule has 7 heteroatoms. The molecule has 3 heterocycles. The minimum atomic E-state index is -0.277. The summed E-state index contributed by atoms with van der Waals surface area (Å²) in [5, 5.41) is 8.82. The molecule has 5 nitrogen and oxygen atoms in total. The van der Waals surface area contributed by atoms with Crippen molar-refractivity contribution in [3.05, 3.63) is 46.7 Å². The first kappa shape index (κ1) is 17.2. The minimum Gasteiger partial charge on any atom is -0.338 e. The van der Waals surface area contributed by atoms with Crippen LogP contribution in [0.5, 0.6) is 0 Å². The zero-order chi connectivity index (χ0) is 18.3. The number of carbonyl (C=O) groups is 1. The second kappa shape index (κ2) is 6.81. The van der Waals surface area contributed by atoms with E-state index in [1.807, 2.05) is 24.9 Å². The lowest BCUT2D eigenvalue weighted by Gasteiger charge is -2.31. The van der Waals surface area contributed by atoms with Crippen molar-refractivity contribution >= 4 is 27.5 Å². The number of hydrogen-bond donors (Lipinski definition) is 1. The SMILES string of the molecule is CNC1CCN(C(=O)c2cc3c(C)nn(-c4ccc(F)cc4)c3s2)CC1. The molecular formula is C19H21FN4OS. The lowest BCUT2D eigenvalue weighted by Crippen LogP contribution is -2.43. The summed E-state index contributed by atoms with van der Waals surface area (Å²) >= 11 is 1.45. The number of amides is 1. The quantitative estimate of drug-likeness (QED) is 0.767. The third-order valence-corrected chi connectivity index (χ3v) is 6.12. The predicted molar refractivity (Wildman–Crippen MR) is 102 cm³/mol. The highest BCUT2D eigenvalue weighted by molar-refractivity contribution is 7.20. The Hall–Kier alpha value is -2.25. The normalized spacial score (nSPS) is 15.7. The highest BCUT2D eigenvalue weighted by Crippen LogP contribution is 2.31. The topological polar surface area (TPSA) is 50.2 Å². The summed E-state index contributed by atoms with van der Waals surface area (Å²) in [5.41, 5.74) is 1.66. The first-order valence-electron chi connectivity index (χ1n) is 8.78. The number of aromatic nitrogens is 2. The van der Waals surface area contributed by atoms with Crippen LogP contribution < -0.4 is 5.32 Å². The molecule has 1 aliphatic rings. The Morgan fingerprint density at radius 1 is 1.27 bits per heavy atom. The molecular weight excluding hydrogens is 351 g/mol. The molecule has 136 valence electrons. The number of aryl methyl sites for hydroxylation is 1. The number of halogens is 1. The smallest absolute Gasteiger partial charge is 0.264 e. The predicted octanol–water partition coefficient (Wildman–Crippen LogP) is 3.36. The van der Waals surface area contributed by atoms with Crippen LogP contribution in [0, 0.1) is 12.7 Å². The number of benzene rings is 1. The van der Waals surface area contributed by atoms with Crippen molar-refractivity contribution in [2.75, 3.05) is 20.1 Å². The molecule has 0 radical (unpaired) electrons. The highest BCUT2D eigenvalue weighted by Gasteiger charge is 2.25. The van der Waals surface area contributed by atoms with Gasteiger partial charge in [0.05, 0.1) is 16.3 Å². The zero-order valence-electron chi connectivity index (χ0n) is 14.8. The number of likely N-dealkylation sites (tertiary alicyclic amines) is 1. The number of carbonyl (C=O) groups excluding carboxylic acids is 1. The van der Waals surface area contributed by atoms with E-state index in [2.05, 4.69) is 10.4 Å². The van der Waals surface area contributed by atoms with Gasteiger partial charge in [0.1, 0.15) is 10.6 Å². The van der Waals surface area contributed by atoms with Gasteiger partial charge in [0.15, 0.2) is 0 Å². The first-order valence-corrected chi connectivity index (χ1v) is 9.60. The van der Waals surface area contributed by atoms with E-state index in [0.717, 1.165) is 52.4 Å². The van der Waals surface area contributed by atoms with Gasteiger partial charge in [0.2, 0.25) is 0 Å². The summed E-state index contributed by atoms with van der Waals surface area (Å²) in [4.78, 5) is 16.5. The average Bonchev–Trinajstić information content (AvgIpc) is 3.23. The lowest BCUT2D eigenvalue weighted by molar-refractivity contribution is 0.0712. The first-order chi connectivity index (χ1) is 12.6. The number of thiophene rings is 1. The van der Waals surface area contributed by atoms with E-state index in [9.17, 15) is 9.18 Å². The van der Waals surface area contributed by atoms with Crippen molar-refractivity contribution in [1.82, 2.24) is 20.0 Å². The van der Waals surface area contributed by atoms with Gasteiger partial charge >= 0.3 is 0 Å². The Kier molecular flexibility index (Phi) is 4.50. The molecule has 1 aliphatic heterocycles. The second-order valence-electron chi connectivity index (χ2n) is 6.66. The van der Waals surface area contributed by atoms with Gasteiger partial charge in [-0.1, -0.05) is 0 Å². The van der Waals surface area contributed by atoms with Crippen molar-refractivity contribution in [1.29, 1.82) is 0 Å². The van der Waals surface area contributed by atoms with Gasteiger partial charge in [-0.05, 0) is 57.1 Å². The Balaban J connectivity index is 1.65. The maximum atomic E-state index is 13.2. The number of piperidine rings is 1. The van der Waals surface area contributed by atoms with Crippen LogP contribution in [-0.4, -0.2) is 46.8 Å². The molecule has 26 heavy (non-hydrogen) atoms. The number of nitrogens with zero attached hydrogens (tertiary/aromatic N) is 3. The van der Waals surface area contributed by atoms with Gasteiger partial charge in [-0.25, -0.2) is 9.07 Å². The van der Waals surface area contributed by atoms with Gasteiger partial charge in [-0.3, -0.25) is 4.79 Å². The summed E-state index contributed by atoms with van der Waals surface area (Å²) in [6.45, 7) is 3.49. The van der Waals surface area contributed by atoms with Crippen molar-refractivity contribution in [2.45, 2.75) is 25.8 Å². The van der Waals surface area contributed by atoms with Crippen LogP contribution in [0.15, 0.2) is 30.3 Å². The van der Waals surface area contributed by atoms with Gasteiger partial charge in [-0.15, -0.1) is 11.3 Å². The highest BCUT2D eigenvalue weighted by atomic mass is 32.1. The van der Waals surface area contributed by atoms with Crippen LogP contribution >= 0.6 is 11.3 Å². The standard InChI is InChI=1S/C19H21FN4OS/c1-12-16-11-17(18(25)23-9-7-14(21-2)8-10-23)26-19(16)24(22-12)15-5-3-13(20)4-6-15/h3-6,11,14,21H,7-10H2,1-2H3. The Morgan fingerprint density at radius 3 is 2.62 bits per heavy atom. The molecule has 1 saturated heterocycles. The van der Waals surface area contributed by atoms with Crippen molar-refractivity contribution in [3.63, 3.8) is 0 Å². The zero-order valence-corrected chi connectivity index (χ0v) is 15.6. The summed E-state index contributed by atoms with van der Waals surface area (Å²) < 4.78 is 15.0. The van der Waals surface area contributed by atoms with Gasteiger partial charge in [0, 0.05) is 24.5 Å². The molecule has 1 fully saturated rings. The van der Waals surface area contributed by atoms with Gasteiger partial charge in [-0.2, -0.15) is 5.10 Å². The van der Waals surface area contributed by atoms with E-state index < -0.39 is 0 Å². The van der Waals surface area contributed by atoms with Crippen LogP contribution in [0.2, 0.25) is 0 Å². The van der Waals surface area contributed by atoms with E-state index in [1.165, 1.54) is 23.5 Å². The average molecular weight is 372 g/mol. The van der Waals surface area contributed by atoms with Crippen LogP contribution in [-0.2, 0) is 0 Å². The molecule has 1 aromatic carbocycles. The maximum absolute atomic E-state index is 13.2. The fourth-order valence-corrected chi connectivity index (χ4v) is 4.59. The molecule has 0 unspecified atom stereocenters. The third-order valence-electron chi connectivity index (χ3n) is 5.02. The number of fused-ring (bicyclic) bond motifs is 1. The van der Waals surface area contributed by atoms with Gasteiger partial charge in [0.25, 0.3) is 5.91 Å². The molecule has 0 aliphatic carbocycles. The molecule has 0 saturated carbocycles. The van der Waals surface area contributed by atoms with Crippen LogP contribution in [0.1, 0.15) is 28.2 Å². The van der Waals surface area contributed by atoms with Gasteiger partial charge < -0.3 is 10.2 Å². The van der Waals surface area contributed by atoms with E-state index in [1.54, 1.807) is 16.8 Å². The number of nitrogens with one attached hydrogen (secondary N) is 1. The number of rotatable bonds is 3. The Bertz CT molecular complexity index is 939. The molecule has 3 aromatic rings. The maximum Gasteiger partial charge on any atom is 0.264 e. The van der Waals surface area contributed by atoms with Crippen molar-refractivity contribution in [3.8, 4) is 5.69 Å². The Labute approximate surface area is 155 Å². The summed E-state index contributed by atoms with van der Waals surface area (Å²) in [7, 11) is 1.97. The van der Waals surface area contributed by atoms with E-state index in [4.69, 9.17) is 0 Å². The fraction of sp³-hybridized carbons (Fsp3) is 0.368. The van der Waals surface area contributed by atoms with Crippen molar-refractivity contribution < 1.29 is 9.18 Å². The van der Waals surface area contributed by atoms with Crippen LogP contribution in [0.3, 0.4) is 0 Å². The lowest BCUT2D eigenvalue weighted by atomic mass is 10.1. The molecule has 0 bridgehead atoms. The van der Waals surface area contributed by atoms with E-state index in [0.29, 0.717) is 6.04 Å². The van der Waals surface area contributed by atoms with Crippen LogP contribution in [0.25, 0.3) is 15.9 Å². The second-order valence-corrected chi connectivity index (χ2v) is 7.69. The third kappa shape index (κ3) is 3.01. The summed E-state index contributed by atoms with van der Waals surface area (Å²) in [5.74, 6) is -0.188. The minimum absolute atomic E-state index is 0.0887. The molecule has 0 atom stereocenters. The Morgan fingerprint density at radius 2 is 1.96 bits per heavy atom. The molecule has 1 N–H and O–H groups in total. The monoisotopic (exact) mass is 372 g/mol. The molecule has 1 amide bonds. The van der Waals surface area contributed by atoms with E-state index >= 15 is 0 Å². The summed E-state index contributed by atoms with van der Waals surface area (Å²) in [6, 6.07) is 8.67. The molecule has 2 aromatic heterocycles. The van der Waals surface area contributed by atoms with Crippen molar-refractivity contribution in [2.24, 2.45) is 0 Å². The number of hydrogen-bond acceptors (Lipinski definition) is 4. The molecule has 0 spiro atoms. The van der Waals surface area contributed by atoms with E-state index in [-0.39, 0.29) is 11.7 Å². The van der Waals surface area contributed by atoms with Crippen LogP contribution in [0.4, 0.5) is 4.39 Å².